The van der Waals surface area contributed by atoms with Crippen LogP contribution in [-0.4, -0.2) is 57.8 Å². The maximum absolute atomic E-state index is 13.3. The quantitative estimate of drug-likeness (QED) is 0.856. The van der Waals surface area contributed by atoms with Crippen LogP contribution in [0.4, 0.5) is 4.39 Å². The van der Waals surface area contributed by atoms with Crippen LogP contribution in [-0.2, 0) is 20.7 Å². The highest BCUT2D eigenvalue weighted by atomic mass is 19.1. The van der Waals surface area contributed by atoms with Crippen LogP contribution in [0.5, 0.6) is 0 Å². The van der Waals surface area contributed by atoms with E-state index in [1.54, 1.807) is 19.1 Å². The van der Waals surface area contributed by atoms with Gasteiger partial charge in [-0.2, -0.15) is 4.98 Å². The van der Waals surface area contributed by atoms with Crippen LogP contribution < -0.4 is 0 Å². The van der Waals surface area contributed by atoms with E-state index in [1.165, 1.54) is 11.0 Å². The van der Waals surface area contributed by atoms with Crippen LogP contribution in [0, 0.1) is 12.7 Å². The minimum Gasteiger partial charge on any atom is -0.480 e. The zero-order valence-corrected chi connectivity index (χ0v) is 14.1. The molecule has 2 aromatic rings. The van der Waals surface area contributed by atoms with E-state index in [1.807, 2.05) is 0 Å². The normalized spacial score (nSPS) is 17.3. The number of hydrogen-bond acceptors (Lipinski definition) is 6. The number of carbonyl (C=O) groups is 2. The Morgan fingerprint density at radius 1 is 1.42 bits per heavy atom. The molecule has 0 unspecified atom stereocenters. The van der Waals surface area contributed by atoms with Crippen LogP contribution in [0.15, 0.2) is 22.7 Å². The molecule has 1 N–H and O–H groups in total. The number of nitrogens with zero attached hydrogens (tertiary/aromatic N) is 3. The first-order valence-corrected chi connectivity index (χ1v) is 8.15. The lowest BCUT2D eigenvalue weighted by Gasteiger charge is -2.32. The van der Waals surface area contributed by atoms with Crippen LogP contribution in [0.3, 0.4) is 0 Å². The molecule has 0 saturated carbocycles. The molecule has 9 heteroatoms. The molecule has 0 radical (unpaired) electrons. The van der Waals surface area contributed by atoms with Crippen LogP contribution >= 0.6 is 0 Å². The number of morpholine rings is 1. The Bertz CT molecular complexity index is 822. The van der Waals surface area contributed by atoms with Crippen molar-refractivity contribution in [3.63, 3.8) is 0 Å². The largest absolute Gasteiger partial charge is 0.480 e. The van der Waals surface area contributed by atoms with Gasteiger partial charge in [0.25, 0.3) is 0 Å². The van der Waals surface area contributed by atoms with E-state index in [9.17, 15) is 19.1 Å². The lowest BCUT2D eigenvalue weighted by Crippen LogP contribution is -2.52. The van der Waals surface area contributed by atoms with Gasteiger partial charge in [0.2, 0.25) is 17.6 Å². The number of amides is 1. The fraction of sp³-hybridized carbons (Fsp3) is 0.412. The number of aliphatic carboxylic acids is 1. The van der Waals surface area contributed by atoms with E-state index in [-0.39, 0.29) is 43.6 Å². The topological polar surface area (TPSA) is 106 Å². The average Bonchev–Trinajstić information content (AvgIpc) is 3.11. The number of carboxylic acid groups (broad SMARTS) is 1. The monoisotopic (exact) mass is 363 g/mol. The van der Waals surface area contributed by atoms with Gasteiger partial charge < -0.3 is 19.3 Å². The third kappa shape index (κ3) is 3.88. The van der Waals surface area contributed by atoms with Gasteiger partial charge in [-0.15, -0.1) is 0 Å². The number of hydrogen-bond donors (Lipinski definition) is 1. The zero-order chi connectivity index (χ0) is 18.7. The van der Waals surface area contributed by atoms with Crippen molar-refractivity contribution in [1.82, 2.24) is 15.0 Å². The van der Waals surface area contributed by atoms with Crippen molar-refractivity contribution >= 4 is 11.9 Å². The smallest absolute Gasteiger partial charge is 0.328 e. The van der Waals surface area contributed by atoms with Crippen molar-refractivity contribution in [2.75, 3.05) is 19.8 Å². The van der Waals surface area contributed by atoms with Gasteiger partial charge in [0, 0.05) is 24.9 Å². The molecule has 26 heavy (non-hydrogen) atoms. The predicted molar refractivity (Wildman–Crippen MR) is 86.7 cm³/mol. The Morgan fingerprint density at radius 3 is 2.96 bits per heavy atom. The van der Waals surface area contributed by atoms with Crippen molar-refractivity contribution in [2.45, 2.75) is 25.8 Å². The standard InChI is InChI=1S/C17H18FN3O5/c1-10-8-11(2-3-12(10)18)16-19-14(26-20-16)4-5-15(22)21-6-7-25-9-13(21)17(23)24/h2-3,8,13H,4-7,9H2,1H3,(H,23,24)/t13-/m1/s1. The van der Waals surface area contributed by atoms with Crippen molar-refractivity contribution in [2.24, 2.45) is 0 Å². The molecule has 0 spiro atoms. The first-order chi connectivity index (χ1) is 12.5. The van der Waals surface area contributed by atoms with Crippen molar-refractivity contribution in [1.29, 1.82) is 0 Å². The highest BCUT2D eigenvalue weighted by Crippen LogP contribution is 2.19. The molecule has 0 bridgehead atoms. The summed E-state index contributed by atoms with van der Waals surface area (Å²) in [6.07, 6.45) is 0.240. The molecular formula is C17H18FN3O5. The number of carboxylic acids is 1. The molecular weight excluding hydrogens is 345 g/mol. The molecule has 138 valence electrons. The fourth-order valence-electron chi connectivity index (χ4n) is 2.72. The molecule has 0 aliphatic carbocycles. The Hall–Kier alpha value is -2.81. The number of rotatable bonds is 5. The van der Waals surface area contributed by atoms with Crippen molar-refractivity contribution < 1.29 is 28.3 Å². The molecule has 8 nitrogen and oxygen atoms in total. The summed E-state index contributed by atoms with van der Waals surface area (Å²) in [5.41, 5.74) is 1.08. The van der Waals surface area contributed by atoms with Gasteiger partial charge >= 0.3 is 5.97 Å². The third-order valence-electron chi connectivity index (χ3n) is 4.17. The summed E-state index contributed by atoms with van der Waals surface area (Å²) in [5.74, 6) is -1.15. The third-order valence-corrected chi connectivity index (χ3v) is 4.17. The summed E-state index contributed by atoms with van der Waals surface area (Å²) in [5, 5.41) is 13.0. The van der Waals surface area contributed by atoms with Crippen LogP contribution in [0.2, 0.25) is 0 Å². The van der Waals surface area contributed by atoms with Gasteiger partial charge in [-0.3, -0.25) is 4.79 Å². The number of ether oxygens (including phenoxy) is 1. The number of benzene rings is 1. The molecule has 1 aromatic carbocycles. The molecule has 1 aliphatic heterocycles. The number of carbonyl (C=O) groups excluding carboxylic acids is 1. The van der Waals surface area contributed by atoms with E-state index in [0.717, 1.165) is 0 Å². The minimum atomic E-state index is -1.09. The lowest BCUT2D eigenvalue weighted by molar-refractivity contribution is -0.158. The van der Waals surface area contributed by atoms with E-state index in [0.29, 0.717) is 23.6 Å². The number of aryl methyl sites for hydroxylation is 2. The minimum absolute atomic E-state index is 0.0182. The summed E-state index contributed by atoms with van der Waals surface area (Å²) < 4.78 is 23.6. The maximum atomic E-state index is 13.3. The summed E-state index contributed by atoms with van der Waals surface area (Å²) in [6, 6.07) is 3.51. The Kier molecular flexibility index (Phi) is 5.27. The Morgan fingerprint density at radius 2 is 2.23 bits per heavy atom. The lowest BCUT2D eigenvalue weighted by atomic mass is 10.1. The van der Waals surface area contributed by atoms with E-state index in [4.69, 9.17) is 9.26 Å². The maximum Gasteiger partial charge on any atom is 0.328 e. The summed E-state index contributed by atoms with van der Waals surface area (Å²) in [6.45, 7) is 2.17. The molecule has 1 aromatic heterocycles. The van der Waals surface area contributed by atoms with Gasteiger partial charge in [-0.05, 0) is 30.7 Å². The molecule has 1 fully saturated rings. The van der Waals surface area contributed by atoms with Gasteiger partial charge in [0.05, 0.1) is 13.2 Å². The van der Waals surface area contributed by atoms with Crippen molar-refractivity contribution in [3.05, 3.63) is 35.5 Å². The summed E-state index contributed by atoms with van der Waals surface area (Å²) >= 11 is 0. The predicted octanol–water partition coefficient (Wildman–Crippen LogP) is 1.43. The second kappa shape index (κ2) is 7.61. The molecule has 1 saturated heterocycles. The van der Waals surface area contributed by atoms with Gasteiger partial charge in [0.15, 0.2) is 6.04 Å². The molecule has 1 amide bonds. The van der Waals surface area contributed by atoms with E-state index >= 15 is 0 Å². The summed E-state index contributed by atoms with van der Waals surface area (Å²) in [4.78, 5) is 29.0. The average molecular weight is 363 g/mol. The highest BCUT2D eigenvalue weighted by Gasteiger charge is 2.32. The number of halogens is 1. The summed E-state index contributed by atoms with van der Waals surface area (Å²) in [7, 11) is 0. The van der Waals surface area contributed by atoms with Gasteiger partial charge in [-0.25, -0.2) is 9.18 Å². The van der Waals surface area contributed by atoms with Crippen LogP contribution in [0.1, 0.15) is 17.9 Å². The van der Waals surface area contributed by atoms with E-state index < -0.39 is 12.0 Å². The van der Waals surface area contributed by atoms with Gasteiger partial charge in [-0.1, -0.05) is 5.16 Å². The fourth-order valence-corrected chi connectivity index (χ4v) is 2.72. The Labute approximate surface area is 148 Å². The zero-order valence-electron chi connectivity index (χ0n) is 14.1. The van der Waals surface area contributed by atoms with Gasteiger partial charge in [0.1, 0.15) is 5.82 Å². The molecule has 3 rings (SSSR count). The second-order valence-corrected chi connectivity index (χ2v) is 5.99. The first kappa shape index (κ1) is 18.0. The molecule has 1 aliphatic rings. The Balaban J connectivity index is 1.63. The highest BCUT2D eigenvalue weighted by molar-refractivity contribution is 5.84. The first-order valence-electron chi connectivity index (χ1n) is 8.15. The van der Waals surface area contributed by atoms with Crippen molar-refractivity contribution in [3.8, 4) is 11.4 Å². The van der Waals surface area contributed by atoms with E-state index in [2.05, 4.69) is 10.1 Å². The number of aromatic nitrogens is 2. The second-order valence-electron chi connectivity index (χ2n) is 5.99. The molecule has 1 atom stereocenters. The van der Waals surface area contributed by atoms with Crippen LogP contribution in [0.25, 0.3) is 11.4 Å². The molecule has 2 heterocycles. The SMILES string of the molecule is Cc1cc(-c2noc(CCC(=O)N3CCOC[C@@H]3C(=O)O)n2)ccc1F.